The van der Waals surface area contributed by atoms with Crippen LogP contribution < -0.4 is 27.0 Å². The number of primary amides is 1. The molecule has 0 aromatic heterocycles. The Morgan fingerprint density at radius 2 is 1.08 bits per heavy atom. The van der Waals surface area contributed by atoms with Crippen molar-refractivity contribution in [2.45, 2.75) is 123 Å². The van der Waals surface area contributed by atoms with Gasteiger partial charge in [0.2, 0.25) is 23.6 Å². The molecule has 0 heterocycles. The lowest BCUT2D eigenvalue weighted by molar-refractivity contribution is -0.130. The lowest BCUT2D eigenvalue weighted by Crippen LogP contribution is -2.49. The molecule has 0 fully saturated rings. The van der Waals surface area contributed by atoms with Crippen LogP contribution in [0, 0.1) is 0 Å². The lowest BCUT2D eigenvalue weighted by atomic mass is 10.0. The molecule has 6 N–H and O–H groups in total. The summed E-state index contributed by atoms with van der Waals surface area (Å²) in [6, 6.07) is -0.832. The summed E-state index contributed by atoms with van der Waals surface area (Å²) in [5.74, 6) is -1.94. The van der Waals surface area contributed by atoms with E-state index in [9.17, 15) is 19.2 Å². The standard InChI is InChI=1S/C27H53N5O4/c1-3-4-5-6-7-8-9-10-11-12-13-14-15-16-17-18-19-29-21-25(34)30-22-26(35)32-23(2)27(36)31-20-24(28)33/h23,29H,3-22H2,1-2H3,(H2,28,33)(H,30,34)(H,31,36)(H,32,35)/t23-/m0/s1. The van der Waals surface area contributed by atoms with E-state index in [1.807, 2.05) is 0 Å². The third-order valence-corrected chi connectivity index (χ3v) is 6.15. The molecule has 0 saturated heterocycles. The first-order valence-corrected chi connectivity index (χ1v) is 14.2. The summed E-state index contributed by atoms with van der Waals surface area (Å²) in [5.41, 5.74) is 4.95. The molecular weight excluding hydrogens is 458 g/mol. The molecule has 9 nitrogen and oxygen atoms in total. The predicted molar refractivity (Wildman–Crippen MR) is 145 cm³/mol. The molecule has 0 spiro atoms. The van der Waals surface area contributed by atoms with Crippen LogP contribution in [-0.4, -0.2) is 55.8 Å². The van der Waals surface area contributed by atoms with Crippen molar-refractivity contribution in [1.82, 2.24) is 21.3 Å². The van der Waals surface area contributed by atoms with Crippen LogP contribution in [0.4, 0.5) is 0 Å². The van der Waals surface area contributed by atoms with E-state index in [0.717, 1.165) is 19.4 Å². The van der Waals surface area contributed by atoms with Crippen molar-refractivity contribution in [3.8, 4) is 0 Å². The second kappa shape index (κ2) is 24.5. The molecule has 36 heavy (non-hydrogen) atoms. The van der Waals surface area contributed by atoms with Gasteiger partial charge in [0.15, 0.2) is 0 Å². The van der Waals surface area contributed by atoms with E-state index < -0.39 is 23.8 Å². The highest BCUT2D eigenvalue weighted by molar-refractivity contribution is 5.91. The van der Waals surface area contributed by atoms with Crippen LogP contribution in [0.5, 0.6) is 0 Å². The highest BCUT2D eigenvalue weighted by Crippen LogP contribution is 2.13. The van der Waals surface area contributed by atoms with Crippen molar-refractivity contribution in [2.75, 3.05) is 26.2 Å². The molecule has 0 aliphatic rings. The van der Waals surface area contributed by atoms with E-state index in [-0.39, 0.29) is 25.5 Å². The second-order valence-electron chi connectivity index (χ2n) is 9.73. The molecule has 0 aromatic rings. The summed E-state index contributed by atoms with van der Waals surface area (Å²) >= 11 is 0. The van der Waals surface area contributed by atoms with Crippen LogP contribution in [-0.2, 0) is 19.2 Å². The maximum Gasteiger partial charge on any atom is 0.242 e. The van der Waals surface area contributed by atoms with E-state index >= 15 is 0 Å². The normalized spacial score (nSPS) is 11.6. The number of carbonyl (C=O) groups is 4. The van der Waals surface area contributed by atoms with E-state index in [0.29, 0.717) is 0 Å². The van der Waals surface area contributed by atoms with Crippen molar-refractivity contribution in [3.63, 3.8) is 0 Å². The topological polar surface area (TPSA) is 142 Å². The number of nitrogens with one attached hydrogen (secondary N) is 4. The fourth-order valence-electron chi connectivity index (χ4n) is 3.93. The van der Waals surface area contributed by atoms with E-state index in [1.165, 1.54) is 96.8 Å². The van der Waals surface area contributed by atoms with Crippen LogP contribution in [0.3, 0.4) is 0 Å². The molecule has 0 aliphatic carbocycles. The van der Waals surface area contributed by atoms with Gasteiger partial charge in [0, 0.05) is 0 Å². The van der Waals surface area contributed by atoms with Crippen molar-refractivity contribution in [2.24, 2.45) is 5.73 Å². The zero-order valence-electron chi connectivity index (χ0n) is 22.9. The zero-order chi connectivity index (χ0) is 26.9. The summed E-state index contributed by atoms with van der Waals surface area (Å²) in [6.45, 7) is 4.17. The molecule has 4 amide bonds. The summed E-state index contributed by atoms with van der Waals surface area (Å²) < 4.78 is 0. The molecule has 0 unspecified atom stereocenters. The summed E-state index contributed by atoms with van der Waals surface area (Å²) in [7, 11) is 0. The average Bonchev–Trinajstić information content (AvgIpc) is 2.85. The van der Waals surface area contributed by atoms with Crippen LogP contribution in [0.25, 0.3) is 0 Å². The number of carbonyl (C=O) groups excluding carboxylic acids is 4. The van der Waals surface area contributed by atoms with Gasteiger partial charge in [-0.2, -0.15) is 0 Å². The molecule has 0 aliphatic heterocycles. The molecule has 0 saturated carbocycles. The van der Waals surface area contributed by atoms with E-state index in [2.05, 4.69) is 28.2 Å². The summed E-state index contributed by atoms with van der Waals surface area (Å²) in [6.07, 6.45) is 21.3. The highest BCUT2D eigenvalue weighted by Gasteiger charge is 2.16. The van der Waals surface area contributed by atoms with Crippen LogP contribution in [0.15, 0.2) is 0 Å². The SMILES string of the molecule is CCCCCCCCCCCCCCCCCCNCC(=O)NCC(=O)N[C@@H](C)C(=O)NCC(N)=O. The van der Waals surface area contributed by atoms with Crippen LogP contribution in [0.1, 0.15) is 117 Å². The van der Waals surface area contributed by atoms with Gasteiger partial charge in [-0.15, -0.1) is 0 Å². The van der Waals surface area contributed by atoms with Crippen molar-refractivity contribution in [3.05, 3.63) is 0 Å². The number of hydrogen-bond acceptors (Lipinski definition) is 5. The molecule has 210 valence electrons. The smallest absolute Gasteiger partial charge is 0.242 e. The van der Waals surface area contributed by atoms with Gasteiger partial charge in [0.1, 0.15) is 6.04 Å². The Balaban J connectivity index is 3.43. The Bertz CT molecular complexity index is 601. The summed E-state index contributed by atoms with van der Waals surface area (Å²) in [5, 5.41) is 10.4. The lowest BCUT2D eigenvalue weighted by Gasteiger charge is -2.14. The molecule has 0 aromatic carbocycles. The van der Waals surface area contributed by atoms with Gasteiger partial charge in [-0.1, -0.05) is 103 Å². The first-order chi connectivity index (χ1) is 17.4. The Kier molecular flexibility index (Phi) is 23.1. The summed E-state index contributed by atoms with van der Waals surface area (Å²) in [4.78, 5) is 46.0. The molecule has 0 bridgehead atoms. The molecule has 1 atom stereocenters. The molecule has 0 radical (unpaired) electrons. The average molecular weight is 512 g/mol. The highest BCUT2D eigenvalue weighted by atomic mass is 16.2. The Morgan fingerprint density at radius 3 is 1.56 bits per heavy atom. The predicted octanol–water partition coefficient (Wildman–Crippen LogP) is 3.06. The Labute approximate surface area is 218 Å². The Hall–Kier alpha value is -2.16. The minimum Gasteiger partial charge on any atom is -0.368 e. The van der Waals surface area contributed by atoms with E-state index in [1.54, 1.807) is 0 Å². The van der Waals surface area contributed by atoms with Gasteiger partial charge >= 0.3 is 0 Å². The van der Waals surface area contributed by atoms with Gasteiger partial charge in [0.25, 0.3) is 0 Å². The number of rotatable bonds is 25. The van der Waals surface area contributed by atoms with Crippen molar-refractivity contribution < 1.29 is 19.2 Å². The third kappa shape index (κ3) is 23.6. The number of nitrogens with two attached hydrogens (primary N) is 1. The first kappa shape index (κ1) is 33.8. The van der Waals surface area contributed by atoms with Gasteiger partial charge in [-0.25, -0.2) is 0 Å². The monoisotopic (exact) mass is 511 g/mol. The van der Waals surface area contributed by atoms with Crippen molar-refractivity contribution in [1.29, 1.82) is 0 Å². The maximum absolute atomic E-state index is 11.8. The maximum atomic E-state index is 11.8. The minimum atomic E-state index is -0.832. The molecular formula is C27H53N5O4. The number of hydrogen-bond donors (Lipinski definition) is 5. The van der Waals surface area contributed by atoms with Gasteiger partial charge in [-0.3, -0.25) is 19.2 Å². The van der Waals surface area contributed by atoms with Gasteiger partial charge < -0.3 is 27.0 Å². The van der Waals surface area contributed by atoms with E-state index in [4.69, 9.17) is 5.73 Å². The van der Waals surface area contributed by atoms with Crippen molar-refractivity contribution >= 4 is 23.6 Å². The number of amides is 4. The molecule has 9 heteroatoms. The Morgan fingerprint density at radius 1 is 0.611 bits per heavy atom. The largest absolute Gasteiger partial charge is 0.368 e. The minimum absolute atomic E-state index is 0.153. The quantitative estimate of drug-likeness (QED) is 0.120. The van der Waals surface area contributed by atoms with Gasteiger partial charge in [-0.05, 0) is 19.9 Å². The first-order valence-electron chi connectivity index (χ1n) is 14.2. The fraction of sp³-hybridized carbons (Fsp3) is 0.852. The number of unbranched alkanes of at least 4 members (excludes halogenated alkanes) is 15. The third-order valence-electron chi connectivity index (χ3n) is 6.15. The zero-order valence-corrected chi connectivity index (χ0v) is 22.9. The fourth-order valence-corrected chi connectivity index (χ4v) is 3.93. The van der Waals surface area contributed by atoms with Gasteiger partial charge in [0.05, 0.1) is 19.6 Å². The van der Waals surface area contributed by atoms with Crippen LogP contribution in [0.2, 0.25) is 0 Å². The van der Waals surface area contributed by atoms with Crippen LogP contribution >= 0.6 is 0 Å². The molecule has 0 rings (SSSR count). The second-order valence-corrected chi connectivity index (χ2v) is 9.73.